The first-order chi connectivity index (χ1) is 14.2. The minimum absolute atomic E-state index is 0.786. The van der Waals surface area contributed by atoms with E-state index < -0.39 is 8.80 Å². The maximum Gasteiger partial charge on any atom is 0.500 e. The van der Waals surface area contributed by atoms with E-state index in [1.807, 2.05) is 0 Å². The molecule has 3 nitrogen and oxygen atoms in total. The Morgan fingerprint density at radius 2 is 0.828 bits per heavy atom. The van der Waals surface area contributed by atoms with Crippen molar-refractivity contribution in [3.05, 3.63) is 0 Å². The molecule has 0 aromatic heterocycles. The lowest BCUT2D eigenvalue weighted by Gasteiger charge is -2.30. The number of unbranched alkanes of at least 4 members (excludes halogenated alkanes) is 12. The van der Waals surface area contributed by atoms with Gasteiger partial charge in [0.15, 0.2) is 0 Å². The van der Waals surface area contributed by atoms with Crippen molar-refractivity contribution in [2.75, 3.05) is 25.6 Å². The topological polar surface area (TPSA) is 27.7 Å². The van der Waals surface area contributed by atoms with Gasteiger partial charge in [-0.3, -0.25) is 0 Å². The molecule has 0 aliphatic carbocycles. The number of thiol groups is 1. The van der Waals surface area contributed by atoms with E-state index in [4.69, 9.17) is 13.3 Å². The van der Waals surface area contributed by atoms with Gasteiger partial charge < -0.3 is 13.3 Å². The molecule has 0 rings (SSSR count). The van der Waals surface area contributed by atoms with Crippen molar-refractivity contribution in [1.82, 2.24) is 0 Å². The van der Waals surface area contributed by atoms with Crippen LogP contribution >= 0.6 is 12.6 Å². The minimum Gasteiger partial charge on any atom is -0.373 e. The van der Waals surface area contributed by atoms with Crippen LogP contribution in [0.3, 0.4) is 0 Å². The third-order valence-electron chi connectivity index (χ3n) is 5.35. The summed E-state index contributed by atoms with van der Waals surface area (Å²) >= 11 is 4.43. The van der Waals surface area contributed by atoms with Crippen LogP contribution in [0, 0.1) is 0 Å². The highest BCUT2D eigenvalue weighted by molar-refractivity contribution is 7.80. The largest absolute Gasteiger partial charge is 0.500 e. The molecule has 5 heteroatoms. The average molecular weight is 449 g/mol. The monoisotopic (exact) mass is 448 g/mol. The number of hydrogen-bond donors (Lipinski definition) is 1. The zero-order chi connectivity index (χ0) is 21.5. The molecule has 0 aromatic carbocycles. The van der Waals surface area contributed by atoms with Gasteiger partial charge in [-0.25, -0.2) is 0 Å². The van der Waals surface area contributed by atoms with Gasteiger partial charge in [0.05, 0.1) is 0 Å². The van der Waals surface area contributed by atoms with E-state index in [0.717, 1.165) is 57.3 Å². The fourth-order valence-corrected chi connectivity index (χ4v) is 6.55. The van der Waals surface area contributed by atoms with E-state index >= 15 is 0 Å². The Hall–Kier alpha value is 0.447. The standard InChI is InChI=1S/C24H52O3SSi/c1-4-7-10-13-16-20-25-29(24-19-23-28,26-21-17-14-11-8-5-2)27-22-18-15-12-9-6-3/h28H,4-24H2,1-3H3. The van der Waals surface area contributed by atoms with Crippen molar-refractivity contribution in [2.24, 2.45) is 0 Å². The first-order valence-corrected chi connectivity index (χ1v) is 15.3. The van der Waals surface area contributed by atoms with Gasteiger partial charge in [-0.15, -0.1) is 0 Å². The van der Waals surface area contributed by atoms with E-state index in [-0.39, 0.29) is 0 Å². The predicted octanol–water partition coefficient (Wildman–Crippen LogP) is 8.21. The molecule has 0 atom stereocenters. The number of rotatable bonds is 24. The molecule has 0 aliphatic heterocycles. The smallest absolute Gasteiger partial charge is 0.373 e. The normalized spacial score (nSPS) is 12.0. The molecular formula is C24H52O3SSi. The number of hydrogen-bond acceptors (Lipinski definition) is 4. The maximum absolute atomic E-state index is 6.43. The fourth-order valence-electron chi connectivity index (χ4n) is 3.44. The van der Waals surface area contributed by atoms with Crippen LogP contribution in [-0.4, -0.2) is 34.4 Å². The molecular weight excluding hydrogens is 396 g/mol. The Balaban J connectivity index is 4.52. The second-order valence-electron chi connectivity index (χ2n) is 8.30. The van der Waals surface area contributed by atoms with Crippen LogP contribution in [0.2, 0.25) is 6.04 Å². The summed E-state index contributed by atoms with van der Waals surface area (Å²) in [6.07, 6.45) is 19.9. The van der Waals surface area contributed by atoms with Gasteiger partial charge in [0, 0.05) is 25.9 Å². The Morgan fingerprint density at radius 1 is 0.483 bits per heavy atom. The van der Waals surface area contributed by atoms with E-state index in [2.05, 4.69) is 33.4 Å². The SMILES string of the molecule is CCCCCCCO[Si](CCCS)(OCCCCCCC)OCCCCCCC. The lowest BCUT2D eigenvalue weighted by Crippen LogP contribution is -2.46. The van der Waals surface area contributed by atoms with Crippen molar-refractivity contribution < 1.29 is 13.3 Å². The molecule has 29 heavy (non-hydrogen) atoms. The summed E-state index contributed by atoms with van der Waals surface area (Å²) in [5.74, 6) is 0.869. The first-order valence-electron chi connectivity index (χ1n) is 12.8. The molecule has 0 aromatic rings. The Morgan fingerprint density at radius 3 is 1.14 bits per heavy atom. The summed E-state index contributed by atoms with van der Waals surface area (Å²) in [6, 6.07) is 0.912. The lowest BCUT2D eigenvalue weighted by molar-refractivity contribution is 0.0551. The molecule has 0 heterocycles. The van der Waals surface area contributed by atoms with Crippen LogP contribution < -0.4 is 0 Å². The highest BCUT2D eigenvalue weighted by Crippen LogP contribution is 2.21. The van der Waals surface area contributed by atoms with E-state index in [1.165, 1.54) is 77.0 Å². The minimum atomic E-state index is -2.57. The van der Waals surface area contributed by atoms with E-state index in [1.54, 1.807) is 0 Å². The summed E-state index contributed by atoms with van der Waals surface area (Å²) in [6.45, 7) is 9.13. The van der Waals surface area contributed by atoms with Gasteiger partial charge in [-0.05, 0) is 31.4 Å². The Bertz CT molecular complexity index is 278. The molecule has 176 valence electrons. The second-order valence-corrected chi connectivity index (χ2v) is 11.5. The van der Waals surface area contributed by atoms with Crippen LogP contribution in [0.15, 0.2) is 0 Å². The molecule has 0 saturated heterocycles. The lowest BCUT2D eigenvalue weighted by atomic mass is 10.2. The highest BCUT2D eigenvalue weighted by atomic mass is 32.1. The van der Waals surface area contributed by atoms with Crippen LogP contribution in [0.4, 0.5) is 0 Å². The van der Waals surface area contributed by atoms with Crippen molar-refractivity contribution >= 4 is 21.4 Å². The predicted molar refractivity (Wildman–Crippen MR) is 133 cm³/mol. The molecule has 0 aliphatic rings. The van der Waals surface area contributed by atoms with Gasteiger partial charge >= 0.3 is 8.80 Å². The van der Waals surface area contributed by atoms with Crippen molar-refractivity contribution in [2.45, 2.75) is 130 Å². The fraction of sp³-hybridized carbons (Fsp3) is 1.00. The summed E-state index contributed by atoms with van der Waals surface area (Å²) in [4.78, 5) is 0. The molecule has 0 fully saturated rings. The zero-order valence-corrected chi connectivity index (χ0v) is 21.9. The highest BCUT2D eigenvalue weighted by Gasteiger charge is 2.40. The van der Waals surface area contributed by atoms with E-state index in [0.29, 0.717) is 0 Å². The van der Waals surface area contributed by atoms with E-state index in [9.17, 15) is 0 Å². The third kappa shape index (κ3) is 18.9. The van der Waals surface area contributed by atoms with Crippen LogP contribution in [-0.2, 0) is 13.3 Å². The average Bonchev–Trinajstić information content (AvgIpc) is 2.74. The molecule has 0 radical (unpaired) electrons. The first kappa shape index (κ1) is 29.4. The van der Waals surface area contributed by atoms with Gasteiger partial charge in [-0.2, -0.15) is 12.6 Å². The molecule has 0 spiro atoms. The third-order valence-corrected chi connectivity index (χ3v) is 8.56. The molecule has 0 unspecified atom stereocenters. The molecule has 0 saturated carbocycles. The van der Waals surface area contributed by atoms with Crippen molar-refractivity contribution in [3.63, 3.8) is 0 Å². The van der Waals surface area contributed by atoms with Gasteiger partial charge in [-0.1, -0.05) is 97.8 Å². The Kier molecular flexibility index (Phi) is 23.5. The summed E-state index contributed by atoms with van der Waals surface area (Å²) in [7, 11) is -2.57. The quantitative estimate of drug-likeness (QED) is 0.0915. The van der Waals surface area contributed by atoms with Gasteiger partial charge in [0.2, 0.25) is 0 Å². The van der Waals surface area contributed by atoms with Crippen LogP contribution in [0.5, 0.6) is 0 Å². The van der Waals surface area contributed by atoms with Gasteiger partial charge in [0.1, 0.15) is 0 Å². The molecule has 0 N–H and O–H groups in total. The van der Waals surface area contributed by atoms with Crippen molar-refractivity contribution in [1.29, 1.82) is 0 Å². The zero-order valence-electron chi connectivity index (χ0n) is 20.0. The molecule has 0 bridgehead atoms. The Labute approximate surface area is 189 Å². The van der Waals surface area contributed by atoms with Crippen LogP contribution in [0.25, 0.3) is 0 Å². The van der Waals surface area contributed by atoms with Gasteiger partial charge in [0.25, 0.3) is 0 Å². The van der Waals surface area contributed by atoms with Crippen molar-refractivity contribution in [3.8, 4) is 0 Å². The molecule has 0 amide bonds. The summed E-state index contributed by atoms with van der Waals surface area (Å²) < 4.78 is 19.3. The van der Waals surface area contributed by atoms with Crippen LogP contribution in [0.1, 0.15) is 124 Å². The summed E-state index contributed by atoms with van der Waals surface area (Å²) in [5.41, 5.74) is 0. The maximum atomic E-state index is 6.43. The second kappa shape index (κ2) is 23.1. The summed E-state index contributed by atoms with van der Waals surface area (Å²) in [5, 5.41) is 0.